The van der Waals surface area contributed by atoms with E-state index in [9.17, 15) is 5.11 Å². The highest BCUT2D eigenvalue weighted by molar-refractivity contribution is 14.1. The summed E-state index contributed by atoms with van der Waals surface area (Å²) < 4.78 is 2.01. The normalized spacial score (nSPS) is 12.6. The topological polar surface area (TPSA) is 33.1 Å². The first-order chi connectivity index (χ1) is 9.66. The molecule has 3 rings (SSSR count). The van der Waals surface area contributed by atoms with E-state index in [0.29, 0.717) is 0 Å². The van der Waals surface area contributed by atoms with Gasteiger partial charge in [0.25, 0.3) is 0 Å². The first-order valence-electron chi connectivity index (χ1n) is 6.12. The zero-order chi connectivity index (χ0) is 14.1. The van der Waals surface area contributed by atoms with Crippen LogP contribution in [-0.2, 0) is 0 Å². The van der Waals surface area contributed by atoms with Gasteiger partial charge in [0.05, 0.1) is 0 Å². The van der Waals surface area contributed by atoms with Gasteiger partial charge in [-0.05, 0) is 63.4 Å². The average molecular weight is 440 g/mol. The van der Waals surface area contributed by atoms with Crippen molar-refractivity contribution in [2.45, 2.75) is 6.10 Å². The summed E-state index contributed by atoms with van der Waals surface area (Å²) in [5.41, 5.74) is 1.81. The Morgan fingerprint density at radius 2 is 1.95 bits per heavy atom. The summed E-state index contributed by atoms with van der Waals surface area (Å²) in [4.78, 5) is 4.13. The minimum atomic E-state index is -0.648. The number of nitrogens with zero attached hydrogens (tertiary/aromatic N) is 1. The molecule has 0 bridgehead atoms. The third kappa shape index (κ3) is 2.60. The SMILES string of the molecule is OC(c1cc(Br)ccc1I)c1cccc2cnccc12. The molecular formula is C16H11BrINO. The van der Waals surface area contributed by atoms with Crippen LogP contribution in [0.3, 0.4) is 0 Å². The van der Waals surface area contributed by atoms with Gasteiger partial charge in [-0.1, -0.05) is 34.1 Å². The van der Waals surface area contributed by atoms with Crippen LogP contribution in [0, 0.1) is 3.57 Å². The van der Waals surface area contributed by atoms with E-state index in [0.717, 1.165) is 29.9 Å². The summed E-state index contributed by atoms with van der Waals surface area (Å²) in [6, 6.07) is 13.8. The molecule has 2 aromatic carbocycles. The first-order valence-corrected chi connectivity index (χ1v) is 7.99. The second kappa shape index (κ2) is 5.79. The van der Waals surface area contributed by atoms with Gasteiger partial charge in [0.1, 0.15) is 6.10 Å². The molecule has 0 fully saturated rings. The number of benzene rings is 2. The van der Waals surface area contributed by atoms with E-state index >= 15 is 0 Å². The van der Waals surface area contributed by atoms with Crippen LogP contribution in [-0.4, -0.2) is 10.1 Å². The van der Waals surface area contributed by atoms with Crippen molar-refractivity contribution >= 4 is 49.3 Å². The highest BCUT2D eigenvalue weighted by Gasteiger charge is 2.16. The highest BCUT2D eigenvalue weighted by atomic mass is 127. The van der Waals surface area contributed by atoms with Crippen molar-refractivity contribution in [3.63, 3.8) is 0 Å². The number of hydrogen-bond acceptors (Lipinski definition) is 2. The number of pyridine rings is 1. The number of halogens is 2. The Bertz CT molecular complexity index is 770. The van der Waals surface area contributed by atoms with E-state index in [4.69, 9.17) is 0 Å². The van der Waals surface area contributed by atoms with Crippen LogP contribution in [0.1, 0.15) is 17.2 Å². The fourth-order valence-electron chi connectivity index (χ4n) is 2.28. The third-order valence-electron chi connectivity index (χ3n) is 3.26. The second-order valence-electron chi connectivity index (χ2n) is 4.51. The molecule has 1 aromatic heterocycles. The monoisotopic (exact) mass is 439 g/mol. The lowest BCUT2D eigenvalue weighted by atomic mass is 9.97. The molecule has 1 atom stereocenters. The van der Waals surface area contributed by atoms with E-state index in [2.05, 4.69) is 43.5 Å². The lowest BCUT2D eigenvalue weighted by Crippen LogP contribution is -2.03. The van der Waals surface area contributed by atoms with Gasteiger partial charge < -0.3 is 5.11 Å². The van der Waals surface area contributed by atoms with Crippen LogP contribution < -0.4 is 0 Å². The van der Waals surface area contributed by atoms with E-state index in [-0.39, 0.29) is 0 Å². The molecular weight excluding hydrogens is 429 g/mol. The van der Waals surface area contributed by atoms with E-state index in [1.165, 1.54) is 0 Å². The smallest absolute Gasteiger partial charge is 0.106 e. The molecule has 1 unspecified atom stereocenters. The molecule has 0 radical (unpaired) electrons. The second-order valence-corrected chi connectivity index (χ2v) is 6.59. The zero-order valence-electron chi connectivity index (χ0n) is 10.4. The van der Waals surface area contributed by atoms with Crippen molar-refractivity contribution in [1.82, 2.24) is 4.98 Å². The minimum absolute atomic E-state index is 0.648. The van der Waals surface area contributed by atoms with Crippen LogP contribution in [0.2, 0.25) is 0 Å². The van der Waals surface area contributed by atoms with Gasteiger partial charge >= 0.3 is 0 Å². The number of aliphatic hydroxyl groups excluding tert-OH is 1. The summed E-state index contributed by atoms with van der Waals surface area (Å²) >= 11 is 5.71. The Hall–Kier alpha value is -0.980. The minimum Gasteiger partial charge on any atom is -0.384 e. The van der Waals surface area contributed by atoms with E-state index in [1.807, 2.05) is 48.7 Å². The average Bonchev–Trinajstić information content (AvgIpc) is 2.48. The molecule has 0 saturated carbocycles. The summed E-state index contributed by atoms with van der Waals surface area (Å²) in [7, 11) is 0. The predicted molar refractivity (Wildman–Crippen MR) is 92.7 cm³/mol. The molecule has 0 amide bonds. The quantitative estimate of drug-likeness (QED) is 0.588. The maximum Gasteiger partial charge on any atom is 0.106 e. The van der Waals surface area contributed by atoms with Crippen LogP contribution in [0.15, 0.2) is 59.3 Å². The molecule has 0 saturated heterocycles. The van der Waals surface area contributed by atoms with Crippen molar-refractivity contribution < 1.29 is 5.11 Å². The number of hydrogen-bond donors (Lipinski definition) is 1. The largest absolute Gasteiger partial charge is 0.384 e. The van der Waals surface area contributed by atoms with Crippen molar-refractivity contribution in [3.8, 4) is 0 Å². The van der Waals surface area contributed by atoms with Gasteiger partial charge in [0, 0.05) is 25.8 Å². The van der Waals surface area contributed by atoms with Crippen LogP contribution >= 0.6 is 38.5 Å². The molecule has 1 N–H and O–H groups in total. The summed E-state index contributed by atoms with van der Waals surface area (Å²) in [5, 5.41) is 12.8. The molecule has 20 heavy (non-hydrogen) atoms. The highest BCUT2D eigenvalue weighted by Crippen LogP contribution is 2.32. The van der Waals surface area contributed by atoms with Gasteiger partial charge in [-0.3, -0.25) is 4.98 Å². The zero-order valence-corrected chi connectivity index (χ0v) is 14.2. The number of rotatable bonds is 2. The van der Waals surface area contributed by atoms with Crippen LogP contribution in [0.4, 0.5) is 0 Å². The summed E-state index contributed by atoms with van der Waals surface area (Å²) in [6.45, 7) is 0. The predicted octanol–water partition coefficient (Wildman–Crippen LogP) is 4.68. The molecule has 0 aliphatic rings. The van der Waals surface area contributed by atoms with Gasteiger partial charge in [0.15, 0.2) is 0 Å². The van der Waals surface area contributed by atoms with Gasteiger partial charge in [-0.2, -0.15) is 0 Å². The van der Waals surface area contributed by atoms with Gasteiger partial charge in [-0.25, -0.2) is 0 Å². The molecule has 3 aromatic rings. The van der Waals surface area contributed by atoms with Crippen molar-refractivity contribution in [1.29, 1.82) is 0 Å². The Morgan fingerprint density at radius 3 is 2.80 bits per heavy atom. The maximum atomic E-state index is 10.7. The number of aliphatic hydroxyl groups is 1. The molecule has 4 heteroatoms. The number of aromatic nitrogens is 1. The molecule has 2 nitrogen and oxygen atoms in total. The van der Waals surface area contributed by atoms with Crippen LogP contribution in [0.25, 0.3) is 10.8 Å². The Kier molecular flexibility index (Phi) is 4.05. The lowest BCUT2D eigenvalue weighted by molar-refractivity contribution is 0.221. The van der Waals surface area contributed by atoms with Crippen molar-refractivity contribution in [3.05, 3.63) is 74.0 Å². The first kappa shape index (κ1) is 14.0. The Morgan fingerprint density at radius 1 is 1.10 bits per heavy atom. The fourth-order valence-corrected chi connectivity index (χ4v) is 3.29. The van der Waals surface area contributed by atoms with Crippen LogP contribution in [0.5, 0.6) is 0 Å². The molecule has 1 heterocycles. The van der Waals surface area contributed by atoms with Gasteiger partial charge in [-0.15, -0.1) is 0 Å². The molecule has 0 aliphatic heterocycles. The van der Waals surface area contributed by atoms with Crippen molar-refractivity contribution in [2.24, 2.45) is 0 Å². The molecule has 100 valence electrons. The summed E-state index contributed by atoms with van der Waals surface area (Å²) in [6.07, 6.45) is 2.92. The molecule has 0 spiro atoms. The van der Waals surface area contributed by atoms with E-state index in [1.54, 1.807) is 6.20 Å². The lowest BCUT2D eigenvalue weighted by Gasteiger charge is -2.16. The standard InChI is InChI=1S/C16H11BrINO/c17-11-4-5-15(18)14(8-11)16(20)13-3-1-2-10-9-19-7-6-12(10)13/h1-9,16,20H. The van der Waals surface area contributed by atoms with Gasteiger partial charge in [0.2, 0.25) is 0 Å². The fraction of sp³-hybridized carbons (Fsp3) is 0.0625. The molecule has 0 aliphatic carbocycles. The maximum absolute atomic E-state index is 10.7. The number of fused-ring (bicyclic) bond motifs is 1. The summed E-state index contributed by atoms with van der Waals surface area (Å²) in [5.74, 6) is 0. The van der Waals surface area contributed by atoms with Crippen molar-refractivity contribution in [2.75, 3.05) is 0 Å². The third-order valence-corrected chi connectivity index (χ3v) is 4.74. The Balaban J connectivity index is 2.17. The van der Waals surface area contributed by atoms with E-state index < -0.39 is 6.10 Å². The Labute approximate surface area is 139 Å².